The highest BCUT2D eigenvalue weighted by Gasteiger charge is 2.52. The molecule has 1 aromatic carbocycles. The molecule has 3 N–H and O–H groups in total. The number of hydrogen-bond donors (Lipinski definition) is 2. The van der Waals surface area contributed by atoms with Gasteiger partial charge in [-0.15, -0.1) is 0 Å². The average Bonchev–Trinajstić information content (AvgIpc) is 3.01. The van der Waals surface area contributed by atoms with Gasteiger partial charge in [-0.1, -0.05) is 19.1 Å². The van der Waals surface area contributed by atoms with Gasteiger partial charge in [0, 0.05) is 6.54 Å². The summed E-state index contributed by atoms with van der Waals surface area (Å²) in [6.07, 6.45) is 2.31. The molecule has 1 saturated carbocycles. The third-order valence-corrected chi connectivity index (χ3v) is 4.02. The van der Waals surface area contributed by atoms with Crippen molar-refractivity contribution in [3.63, 3.8) is 0 Å². The Morgan fingerprint density at radius 2 is 2.06 bits per heavy atom. The maximum Gasteiger partial charge on any atom is 0.146 e. The van der Waals surface area contributed by atoms with E-state index in [4.69, 9.17) is 5.73 Å². The van der Waals surface area contributed by atoms with Crippen molar-refractivity contribution >= 4 is 5.69 Å². The van der Waals surface area contributed by atoms with Crippen LogP contribution >= 0.6 is 0 Å². The molecule has 2 rings (SSSR count). The van der Waals surface area contributed by atoms with Gasteiger partial charge in [-0.05, 0) is 37.3 Å². The van der Waals surface area contributed by atoms with E-state index >= 15 is 0 Å². The van der Waals surface area contributed by atoms with Gasteiger partial charge in [0.15, 0.2) is 0 Å². The minimum atomic E-state index is -0.227. The molecule has 0 bridgehead atoms. The third kappa shape index (κ3) is 1.80. The molecule has 1 aromatic rings. The van der Waals surface area contributed by atoms with Gasteiger partial charge in [0.1, 0.15) is 5.82 Å². The molecule has 16 heavy (non-hydrogen) atoms. The molecule has 0 aliphatic heterocycles. The number of hydrogen-bond acceptors (Lipinski definition) is 2. The highest BCUT2D eigenvalue weighted by molar-refractivity contribution is 5.48. The molecule has 0 heterocycles. The molecular weight excluding hydrogens is 203 g/mol. The Hall–Kier alpha value is -1.09. The fourth-order valence-corrected chi connectivity index (χ4v) is 2.05. The van der Waals surface area contributed by atoms with E-state index in [-0.39, 0.29) is 16.8 Å². The first kappa shape index (κ1) is 11.4. The Bertz CT molecular complexity index is 387. The van der Waals surface area contributed by atoms with Gasteiger partial charge in [0.2, 0.25) is 0 Å². The number of benzene rings is 1. The van der Waals surface area contributed by atoms with E-state index in [1.165, 1.54) is 6.07 Å². The fourth-order valence-electron chi connectivity index (χ4n) is 2.05. The SMILES string of the molecule is CC1(C(C)(CN)Nc2ccccc2F)CC1. The van der Waals surface area contributed by atoms with Crippen LogP contribution in [0.25, 0.3) is 0 Å². The normalized spacial score (nSPS) is 21.2. The van der Waals surface area contributed by atoms with Crippen LogP contribution in [0.3, 0.4) is 0 Å². The predicted octanol–water partition coefficient (Wildman–Crippen LogP) is 2.76. The quantitative estimate of drug-likeness (QED) is 0.822. The van der Waals surface area contributed by atoms with Crippen LogP contribution in [-0.2, 0) is 0 Å². The number of halogens is 1. The van der Waals surface area contributed by atoms with Gasteiger partial charge in [0.05, 0.1) is 11.2 Å². The van der Waals surface area contributed by atoms with Crippen molar-refractivity contribution in [3.05, 3.63) is 30.1 Å². The van der Waals surface area contributed by atoms with E-state index in [2.05, 4.69) is 19.2 Å². The van der Waals surface area contributed by atoms with Crippen LogP contribution in [-0.4, -0.2) is 12.1 Å². The minimum Gasteiger partial charge on any atom is -0.376 e. The first-order valence-corrected chi connectivity index (χ1v) is 5.74. The molecular formula is C13H19FN2. The van der Waals surface area contributed by atoms with E-state index in [1.807, 2.05) is 6.07 Å². The van der Waals surface area contributed by atoms with Gasteiger partial charge in [-0.3, -0.25) is 0 Å². The number of nitrogens with two attached hydrogens (primary N) is 1. The Kier molecular flexibility index (Phi) is 2.66. The van der Waals surface area contributed by atoms with Gasteiger partial charge in [-0.25, -0.2) is 4.39 Å². The maximum atomic E-state index is 13.6. The second-order valence-electron chi connectivity index (χ2n) is 5.20. The van der Waals surface area contributed by atoms with Gasteiger partial charge in [-0.2, -0.15) is 0 Å². The molecule has 1 unspecified atom stereocenters. The van der Waals surface area contributed by atoms with Crippen molar-refractivity contribution in [1.29, 1.82) is 0 Å². The van der Waals surface area contributed by atoms with Crippen molar-refractivity contribution in [2.75, 3.05) is 11.9 Å². The summed E-state index contributed by atoms with van der Waals surface area (Å²) < 4.78 is 13.6. The number of nitrogens with one attached hydrogen (secondary N) is 1. The first-order valence-electron chi connectivity index (χ1n) is 5.74. The van der Waals surface area contributed by atoms with Crippen LogP contribution in [0.4, 0.5) is 10.1 Å². The van der Waals surface area contributed by atoms with Crippen molar-refractivity contribution in [1.82, 2.24) is 0 Å². The van der Waals surface area contributed by atoms with E-state index in [1.54, 1.807) is 12.1 Å². The van der Waals surface area contributed by atoms with Gasteiger partial charge < -0.3 is 11.1 Å². The Labute approximate surface area is 96.0 Å². The lowest BCUT2D eigenvalue weighted by Crippen LogP contribution is -2.49. The zero-order valence-electron chi connectivity index (χ0n) is 9.89. The Morgan fingerprint density at radius 1 is 1.44 bits per heavy atom. The van der Waals surface area contributed by atoms with Crippen LogP contribution < -0.4 is 11.1 Å². The molecule has 1 aliphatic carbocycles. The van der Waals surface area contributed by atoms with Crippen molar-refractivity contribution in [3.8, 4) is 0 Å². The first-order chi connectivity index (χ1) is 7.51. The van der Waals surface area contributed by atoms with Crippen LogP contribution in [0.5, 0.6) is 0 Å². The number of anilines is 1. The topological polar surface area (TPSA) is 38.0 Å². The lowest BCUT2D eigenvalue weighted by Gasteiger charge is -2.37. The summed E-state index contributed by atoms with van der Waals surface area (Å²) in [5, 5.41) is 3.28. The van der Waals surface area contributed by atoms with Crippen LogP contribution in [0.15, 0.2) is 24.3 Å². The molecule has 0 amide bonds. The number of rotatable bonds is 4. The zero-order chi connectivity index (χ0) is 11.8. The maximum absolute atomic E-state index is 13.6. The highest BCUT2D eigenvalue weighted by Crippen LogP contribution is 2.54. The van der Waals surface area contributed by atoms with Crippen molar-refractivity contribution in [2.45, 2.75) is 32.2 Å². The number of para-hydroxylation sites is 1. The second kappa shape index (κ2) is 3.74. The highest BCUT2D eigenvalue weighted by atomic mass is 19.1. The molecule has 1 aliphatic rings. The van der Waals surface area contributed by atoms with Crippen molar-refractivity contribution in [2.24, 2.45) is 11.1 Å². The molecule has 2 nitrogen and oxygen atoms in total. The summed E-state index contributed by atoms with van der Waals surface area (Å²) in [5.41, 5.74) is 6.36. The Morgan fingerprint density at radius 3 is 2.56 bits per heavy atom. The zero-order valence-corrected chi connectivity index (χ0v) is 9.89. The second-order valence-corrected chi connectivity index (χ2v) is 5.20. The molecule has 1 fully saturated rings. The Balaban J connectivity index is 2.22. The van der Waals surface area contributed by atoms with Gasteiger partial charge >= 0.3 is 0 Å². The van der Waals surface area contributed by atoms with Crippen LogP contribution in [0.2, 0.25) is 0 Å². The van der Waals surface area contributed by atoms with E-state index in [9.17, 15) is 4.39 Å². The summed E-state index contributed by atoms with van der Waals surface area (Å²) in [7, 11) is 0. The lowest BCUT2D eigenvalue weighted by molar-refractivity contribution is 0.331. The summed E-state index contributed by atoms with van der Waals surface area (Å²) in [6.45, 7) is 4.79. The van der Waals surface area contributed by atoms with E-state index in [0.29, 0.717) is 12.2 Å². The van der Waals surface area contributed by atoms with Crippen LogP contribution in [0.1, 0.15) is 26.7 Å². The third-order valence-electron chi connectivity index (χ3n) is 4.02. The monoisotopic (exact) mass is 222 g/mol. The molecule has 1 atom stereocenters. The minimum absolute atomic E-state index is 0.198. The molecule has 88 valence electrons. The van der Waals surface area contributed by atoms with Gasteiger partial charge in [0.25, 0.3) is 0 Å². The summed E-state index contributed by atoms with van der Waals surface area (Å²) in [6, 6.07) is 6.75. The van der Waals surface area contributed by atoms with E-state index in [0.717, 1.165) is 12.8 Å². The largest absolute Gasteiger partial charge is 0.376 e. The summed E-state index contributed by atoms with van der Waals surface area (Å²) >= 11 is 0. The molecule has 0 radical (unpaired) electrons. The predicted molar refractivity (Wildman–Crippen MR) is 64.8 cm³/mol. The lowest BCUT2D eigenvalue weighted by atomic mass is 9.83. The molecule has 0 aromatic heterocycles. The fraction of sp³-hybridized carbons (Fsp3) is 0.538. The summed E-state index contributed by atoms with van der Waals surface area (Å²) in [4.78, 5) is 0. The average molecular weight is 222 g/mol. The standard InChI is InChI=1S/C13H19FN2/c1-12(7-8-12)13(2,9-15)16-11-6-4-3-5-10(11)14/h3-6,16H,7-9,15H2,1-2H3. The molecule has 3 heteroatoms. The molecule has 0 saturated heterocycles. The van der Waals surface area contributed by atoms with Crippen molar-refractivity contribution < 1.29 is 4.39 Å². The van der Waals surface area contributed by atoms with Crippen LogP contribution in [0, 0.1) is 11.2 Å². The smallest absolute Gasteiger partial charge is 0.146 e. The molecule has 0 spiro atoms. The van der Waals surface area contributed by atoms with E-state index < -0.39 is 0 Å². The summed E-state index contributed by atoms with van der Waals surface area (Å²) in [5.74, 6) is -0.216.